The number of hydrogen-bond acceptors (Lipinski definition) is 3. The second-order valence-corrected chi connectivity index (χ2v) is 5.40. The number of hydrazone groups is 1. The van der Waals surface area contributed by atoms with Crippen molar-refractivity contribution in [3.63, 3.8) is 0 Å². The molecule has 0 spiro atoms. The number of benzene rings is 2. The maximum Gasteiger partial charge on any atom is 0.329 e. The van der Waals surface area contributed by atoms with Crippen LogP contribution in [-0.4, -0.2) is 18.0 Å². The molecule has 0 heterocycles. The fourth-order valence-corrected chi connectivity index (χ4v) is 1.95. The Kier molecular flexibility index (Phi) is 6.28. The van der Waals surface area contributed by atoms with Gasteiger partial charge in [-0.25, -0.2) is 5.43 Å². The normalized spacial score (nSPS) is 11.3. The van der Waals surface area contributed by atoms with E-state index in [2.05, 4.69) is 15.8 Å². The summed E-state index contributed by atoms with van der Waals surface area (Å²) in [6.07, 6.45) is 2.94. The molecule has 2 rings (SSSR count). The summed E-state index contributed by atoms with van der Waals surface area (Å²) in [6, 6.07) is 16.5. The highest BCUT2D eigenvalue weighted by Crippen LogP contribution is 2.09. The third-order valence-corrected chi connectivity index (χ3v) is 3.18. The van der Waals surface area contributed by atoms with Gasteiger partial charge in [0.25, 0.3) is 0 Å². The minimum Gasteiger partial charge on any atom is -0.318 e. The Balaban J connectivity index is 1.86. The second-order valence-electron chi connectivity index (χ2n) is 4.96. The Morgan fingerprint density at radius 2 is 1.67 bits per heavy atom. The molecule has 0 saturated heterocycles. The van der Waals surface area contributed by atoms with Gasteiger partial charge in [0.05, 0.1) is 11.2 Å². The summed E-state index contributed by atoms with van der Waals surface area (Å²) in [4.78, 5) is 23.4. The van der Waals surface area contributed by atoms with Crippen molar-refractivity contribution in [1.82, 2.24) is 5.43 Å². The molecule has 0 aromatic heterocycles. The summed E-state index contributed by atoms with van der Waals surface area (Å²) in [5.41, 5.74) is 4.62. The molecule has 24 heavy (non-hydrogen) atoms. The van der Waals surface area contributed by atoms with Crippen molar-refractivity contribution < 1.29 is 9.59 Å². The van der Waals surface area contributed by atoms with Crippen LogP contribution in [0.5, 0.6) is 0 Å². The van der Waals surface area contributed by atoms with Gasteiger partial charge in [0, 0.05) is 5.69 Å². The molecule has 2 N–H and O–H groups in total. The quantitative estimate of drug-likeness (QED) is 0.509. The fourth-order valence-electron chi connectivity index (χ4n) is 1.77. The first-order valence-corrected chi connectivity index (χ1v) is 7.56. The van der Waals surface area contributed by atoms with Gasteiger partial charge in [0.15, 0.2) is 0 Å². The lowest BCUT2D eigenvalue weighted by Gasteiger charge is -2.03. The van der Waals surface area contributed by atoms with E-state index < -0.39 is 11.8 Å². The molecule has 0 unspecified atom stereocenters. The molecular formula is C18H16ClN3O2. The summed E-state index contributed by atoms with van der Waals surface area (Å²) in [6.45, 7) is 1.93. The highest BCUT2D eigenvalue weighted by atomic mass is 35.5. The largest absolute Gasteiger partial charge is 0.329 e. The van der Waals surface area contributed by atoms with E-state index in [-0.39, 0.29) is 0 Å². The van der Waals surface area contributed by atoms with Gasteiger partial charge >= 0.3 is 11.8 Å². The van der Waals surface area contributed by atoms with E-state index in [1.165, 1.54) is 6.21 Å². The van der Waals surface area contributed by atoms with Gasteiger partial charge in [0.1, 0.15) is 0 Å². The second kappa shape index (κ2) is 8.64. The average Bonchev–Trinajstić information content (AvgIpc) is 2.57. The zero-order valence-electron chi connectivity index (χ0n) is 13.0. The topological polar surface area (TPSA) is 70.6 Å². The SMILES string of the molecule is Cc1ccc(NC(=O)C(=O)N/N=C\C(Cl)=C\c2ccccc2)cc1. The van der Waals surface area contributed by atoms with Crippen molar-refractivity contribution in [2.45, 2.75) is 6.92 Å². The molecule has 2 amide bonds. The average molecular weight is 342 g/mol. The van der Waals surface area contributed by atoms with Crippen molar-refractivity contribution in [2.75, 3.05) is 5.32 Å². The number of anilines is 1. The van der Waals surface area contributed by atoms with E-state index in [9.17, 15) is 9.59 Å². The van der Waals surface area contributed by atoms with Crippen LogP contribution < -0.4 is 10.7 Å². The zero-order valence-corrected chi connectivity index (χ0v) is 13.7. The van der Waals surface area contributed by atoms with Crippen LogP contribution >= 0.6 is 11.6 Å². The lowest BCUT2D eigenvalue weighted by atomic mass is 10.2. The molecule has 2 aromatic rings. The summed E-state index contributed by atoms with van der Waals surface area (Å²) in [7, 11) is 0. The third-order valence-electron chi connectivity index (χ3n) is 2.97. The van der Waals surface area contributed by atoms with Crippen LogP contribution in [0.3, 0.4) is 0 Å². The van der Waals surface area contributed by atoms with Crippen LogP contribution in [0.2, 0.25) is 0 Å². The Bertz CT molecular complexity index is 769. The molecule has 0 atom stereocenters. The zero-order chi connectivity index (χ0) is 17.4. The molecule has 2 aromatic carbocycles. The lowest BCUT2D eigenvalue weighted by molar-refractivity contribution is -0.136. The van der Waals surface area contributed by atoms with Gasteiger partial charge in [-0.1, -0.05) is 59.6 Å². The standard InChI is InChI=1S/C18H16ClN3O2/c1-13-7-9-16(10-8-13)21-17(23)18(24)22-20-12-15(19)11-14-5-3-2-4-6-14/h2-12H,1H3,(H,21,23)(H,22,24)/b15-11-,20-12-. The van der Waals surface area contributed by atoms with Crippen LogP contribution in [0.4, 0.5) is 5.69 Å². The first-order valence-electron chi connectivity index (χ1n) is 7.18. The number of carbonyl (C=O) groups is 2. The van der Waals surface area contributed by atoms with Crippen molar-refractivity contribution in [3.8, 4) is 0 Å². The van der Waals surface area contributed by atoms with Gasteiger partial charge in [0.2, 0.25) is 0 Å². The van der Waals surface area contributed by atoms with Crippen LogP contribution in [0.1, 0.15) is 11.1 Å². The maximum absolute atomic E-state index is 11.7. The minimum atomic E-state index is -0.879. The van der Waals surface area contributed by atoms with E-state index in [1.54, 1.807) is 18.2 Å². The summed E-state index contributed by atoms with van der Waals surface area (Å²) in [5.74, 6) is -1.69. The Labute approximate surface area is 145 Å². The van der Waals surface area contributed by atoms with E-state index in [1.807, 2.05) is 49.4 Å². The van der Waals surface area contributed by atoms with Crippen LogP contribution in [0, 0.1) is 6.92 Å². The predicted molar refractivity (Wildman–Crippen MR) is 96.7 cm³/mol. The molecule has 0 aliphatic heterocycles. The molecule has 6 heteroatoms. The van der Waals surface area contributed by atoms with Crippen molar-refractivity contribution >= 4 is 41.4 Å². The molecule has 0 fully saturated rings. The summed E-state index contributed by atoms with van der Waals surface area (Å²) < 4.78 is 0. The molecular weight excluding hydrogens is 326 g/mol. The molecule has 122 valence electrons. The highest BCUT2D eigenvalue weighted by molar-refractivity contribution is 6.42. The first kappa shape index (κ1) is 17.4. The number of amides is 2. The first-order chi connectivity index (χ1) is 11.5. The fraction of sp³-hybridized carbons (Fsp3) is 0.0556. The lowest BCUT2D eigenvalue weighted by Crippen LogP contribution is -2.32. The van der Waals surface area contributed by atoms with Crippen LogP contribution in [0.25, 0.3) is 6.08 Å². The molecule has 0 aliphatic rings. The summed E-state index contributed by atoms with van der Waals surface area (Å²) in [5, 5.41) is 6.45. The number of allylic oxidation sites excluding steroid dienone is 1. The van der Waals surface area contributed by atoms with Crippen LogP contribution in [-0.2, 0) is 9.59 Å². The maximum atomic E-state index is 11.7. The number of rotatable bonds is 4. The number of nitrogens with zero attached hydrogens (tertiary/aromatic N) is 1. The Morgan fingerprint density at radius 3 is 2.33 bits per heavy atom. The van der Waals surface area contributed by atoms with Gasteiger partial charge in [-0.05, 0) is 30.7 Å². The highest BCUT2D eigenvalue weighted by Gasteiger charge is 2.12. The van der Waals surface area contributed by atoms with E-state index >= 15 is 0 Å². The van der Waals surface area contributed by atoms with E-state index in [4.69, 9.17) is 11.6 Å². The van der Waals surface area contributed by atoms with Gasteiger partial charge in [-0.15, -0.1) is 0 Å². The predicted octanol–water partition coefficient (Wildman–Crippen LogP) is 3.32. The number of halogens is 1. The monoisotopic (exact) mass is 341 g/mol. The van der Waals surface area contributed by atoms with Gasteiger partial charge < -0.3 is 5.32 Å². The molecule has 0 aliphatic carbocycles. The summed E-state index contributed by atoms with van der Waals surface area (Å²) >= 11 is 5.98. The number of aryl methyl sites for hydroxylation is 1. The number of hydrogen-bond donors (Lipinski definition) is 2. The molecule has 0 radical (unpaired) electrons. The van der Waals surface area contributed by atoms with Crippen LogP contribution in [0.15, 0.2) is 64.7 Å². The van der Waals surface area contributed by atoms with Crippen molar-refractivity contribution in [3.05, 3.63) is 70.8 Å². The number of carbonyl (C=O) groups excluding carboxylic acids is 2. The Hall–Kier alpha value is -2.92. The van der Waals surface area contributed by atoms with Gasteiger partial charge in [-0.3, -0.25) is 9.59 Å². The Morgan fingerprint density at radius 1 is 1.00 bits per heavy atom. The van der Waals surface area contributed by atoms with Crippen molar-refractivity contribution in [1.29, 1.82) is 0 Å². The van der Waals surface area contributed by atoms with E-state index in [0.717, 1.165) is 11.1 Å². The minimum absolute atomic E-state index is 0.320. The smallest absolute Gasteiger partial charge is 0.318 e. The molecule has 5 nitrogen and oxygen atoms in total. The molecule has 0 saturated carbocycles. The van der Waals surface area contributed by atoms with E-state index in [0.29, 0.717) is 10.7 Å². The van der Waals surface area contributed by atoms with Crippen molar-refractivity contribution in [2.24, 2.45) is 5.10 Å². The number of nitrogens with one attached hydrogen (secondary N) is 2. The third kappa shape index (κ3) is 5.70. The van der Waals surface area contributed by atoms with Gasteiger partial charge in [-0.2, -0.15) is 5.10 Å². The molecule has 0 bridgehead atoms.